The molecule has 0 aliphatic rings. The SMILES string of the molecule is Cc1nc(Nc2ccc(O)cc2)c2c(C)c(C(=O)OC(C)C)sc2n1. The molecule has 25 heavy (non-hydrogen) atoms. The monoisotopic (exact) mass is 357 g/mol. The van der Waals surface area contributed by atoms with Gasteiger partial charge in [-0.3, -0.25) is 0 Å². The normalized spacial score (nSPS) is 11.1. The Morgan fingerprint density at radius 3 is 2.52 bits per heavy atom. The maximum atomic E-state index is 12.3. The number of fused-ring (bicyclic) bond motifs is 1. The first kappa shape index (κ1) is 17.2. The van der Waals surface area contributed by atoms with Crippen molar-refractivity contribution in [2.45, 2.75) is 33.8 Å². The third kappa shape index (κ3) is 3.56. The van der Waals surface area contributed by atoms with Crippen molar-refractivity contribution in [1.82, 2.24) is 9.97 Å². The first-order valence-corrected chi connectivity index (χ1v) is 8.71. The second kappa shape index (κ2) is 6.68. The van der Waals surface area contributed by atoms with E-state index in [9.17, 15) is 9.90 Å². The molecule has 0 amide bonds. The maximum absolute atomic E-state index is 12.3. The number of aromatic nitrogens is 2. The molecule has 0 spiro atoms. The molecule has 0 bridgehead atoms. The Hall–Kier alpha value is -2.67. The summed E-state index contributed by atoms with van der Waals surface area (Å²) in [6.45, 7) is 7.32. The van der Waals surface area contributed by atoms with Crippen molar-refractivity contribution in [3.63, 3.8) is 0 Å². The van der Waals surface area contributed by atoms with Crippen molar-refractivity contribution in [1.29, 1.82) is 0 Å². The van der Waals surface area contributed by atoms with Crippen molar-refractivity contribution < 1.29 is 14.6 Å². The fourth-order valence-electron chi connectivity index (χ4n) is 2.48. The molecule has 0 unspecified atom stereocenters. The number of nitrogens with zero attached hydrogens (tertiary/aromatic N) is 2. The van der Waals surface area contributed by atoms with Crippen molar-refractivity contribution >= 4 is 39.0 Å². The minimum Gasteiger partial charge on any atom is -0.508 e. The molecule has 2 heterocycles. The standard InChI is InChI=1S/C18H19N3O3S/c1-9(2)24-18(23)15-10(3)14-16(19-11(4)20-17(14)25-15)21-12-5-7-13(22)8-6-12/h5-9,22H,1-4H3,(H,19,20,21). The average Bonchev–Trinajstić information content (AvgIpc) is 2.86. The Bertz CT molecular complexity index is 933. The summed E-state index contributed by atoms with van der Waals surface area (Å²) in [6.07, 6.45) is -0.181. The van der Waals surface area contributed by atoms with Gasteiger partial charge in [0.05, 0.1) is 11.5 Å². The summed E-state index contributed by atoms with van der Waals surface area (Å²) >= 11 is 1.31. The number of nitrogens with one attached hydrogen (secondary N) is 1. The van der Waals surface area contributed by atoms with Crippen LogP contribution in [0.2, 0.25) is 0 Å². The topological polar surface area (TPSA) is 84.3 Å². The van der Waals surface area contributed by atoms with Crippen LogP contribution in [-0.2, 0) is 4.74 Å². The lowest BCUT2D eigenvalue weighted by Crippen LogP contribution is -2.11. The van der Waals surface area contributed by atoms with E-state index >= 15 is 0 Å². The van der Waals surface area contributed by atoms with Gasteiger partial charge < -0.3 is 15.2 Å². The molecule has 2 N–H and O–H groups in total. The van der Waals surface area contributed by atoms with Gasteiger partial charge >= 0.3 is 5.97 Å². The number of carbonyl (C=O) groups is 1. The van der Waals surface area contributed by atoms with Crippen molar-refractivity contribution in [3.8, 4) is 5.75 Å². The zero-order chi connectivity index (χ0) is 18.1. The molecule has 3 rings (SSSR count). The highest BCUT2D eigenvalue weighted by Gasteiger charge is 2.21. The Morgan fingerprint density at radius 1 is 1.20 bits per heavy atom. The summed E-state index contributed by atoms with van der Waals surface area (Å²) in [7, 11) is 0. The molecule has 1 aromatic carbocycles. The Labute approximate surface area is 149 Å². The van der Waals surface area contributed by atoms with E-state index in [1.54, 1.807) is 24.3 Å². The van der Waals surface area contributed by atoms with Crippen LogP contribution in [0, 0.1) is 13.8 Å². The zero-order valence-corrected chi connectivity index (χ0v) is 15.3. The van der Waals surface area contributed by atoms with E-state index < -0.39 is 0 Å². The molecule has 0 aliphatic heterocycles. The fourth-order valence-corrected chi connectivity index (χ4v) is 3.59. The fraction of sp³-hybridized carbons (Fsp3) is 0.278. The van der Waals surface area contributed by atoms with Crippen molar-refractivity contribution in [2.75, 3.05) is 5.32 Å². The average molecular weight is 357 g/mol. The molecule has 0 radical (unpaired) electrons. The molecular formula is C18H19N3O3S. The number of phenols is 1. The maximum Gasteiger partial charge on any atom is 0.348 e. The molecule has 0 aliphatic carbocycles. The van der Waals surface area contributed by atoms with E-state index in [0.717, 1.165) is 21.5 Å². The van der Waals surface area contributed by atoms with Gasteiger partial charge in [-0.25, -0.2) is 14.8 Å². The lowest BCUT2D eigenvalue weighted by atomic mass is 10.2. The van der Waals surface area contributed by atoms with Crippen LogP contribution in [0.5, 0.6) is 5.75 Å². The highest BCUT2D eigenvalue weighted by Crippen LogP contribution is 2.35. The number of hydrogen-bond donors (Lipinski definition) is 2. The van der Waals surface area contributed by atoms with E-state index in [0.29, 0.717) is 16.5 Å². The molecule has 0 atom stereocenters. The lowest BCUT2D eigenvalue weighted by molar-refractivity contribution is 0.0383. The first-order chi connectivity index (χ1) is 11.8. The van der Waals surface area contributed by atoms with Crippen LogP contribution in [0.4, 0.5) is 11.5 Å². The molecular weight excluding hydrogens is 338 g/mol. The quantitative estimate of drug-likeness (QED) is 0.534. The summed E-state index contributed by atoms with van der Waals surface area (Å²) in [6, 6.07) is 6.71. The highest BCUT2D eigenvalue weighted by atomic mass is 32.1. The molecule has 6 nitrogen and oxygen atoms in total. The summed E-state index contributed by atoms with van der Waals surface area (Å²) in [5.41, 5.74) is 1.58. The van der Waals surface area contributed by atoms with Gasteiger partial charge in [-0.05, 0) is 57.5 Å². The lowest BCUT2D eigenvalue weighted by Gasteiger charge is -2.09. The van der Waals surface area contributed by atoms with Crippen LogP contribution in [0.25, 0.3) is 10.2 Å². The number of hydrogen-bond acceptors (Lipinski definition) is 7. The summed E-state index contributed by atoms with van der Waals surface area (Å²) in [5.74, 6) is 1.09. The number of aryl methyl sites for hydroxylation is 2. The Kier molecular flexibility index (Phi) is 4.59. The predicted octanol–water partition coefficient (Wildman–Crippen LogP) is 4.32. The number of rotatable bonds is 4. The molecule has 0 saturated carbocycles. The second-order valence-corrected chi connectivity index (χ2v) is 6.98. The number of benzene rings is 1. The van der Waals surface area contributed by atoms with Gasteiger partial charge in [0.1, 0.15) is 27.1 Å². The predicted molar refractivity (Wildman–Crippen MR) is 98.8 cm³/mol. The number of thiophene rings is 1. The number of phenolic OH excluding ortho intramolecular Hbond substituents is 1. The van der Waals surface area contributed by atoms with Gasteiger partial charge in [-0.2, -0.15) is 0 Å². The third-order valence-electron chi connectivity index (χ3n) is 3.56. The number of anilines is 2. The Balaban J connectivity index is 2.07. The first-order valence-electron chi connectivity index (χ1n) is 7.90. The van der Waals surface area contributed by atoms with E-state index in [1.165, 1.54) is 11.3 Å². The number of esters is 1. The van der Waals surface area contributed by atoms with Crippen molar-refractivity contribution in [3.05, 3.63) is 40.5 Å². The van der Waals surface area contributed by atoms with Crippen LogP contribution in [0.15, 0.2) is 24.3 Å². The van der Waals surface area contributed by atoms with Gasteiger partial charge in [-0.15, -0.1) is 11.3 Å². The molecule has 3 aromatic rings. The smallest absolute Gasteiger partial charge is 0.348 e. The highest BCUT2D eigenvalue weighted by molar-refractivity contribution is 7.20. The minimum absolute atomic E-state index is 0.181. The molecule has 0 saturated heterocycles. The number of carbonyl (C=O) groups excluding carboxylic acids is 1. The van der Waals surface area contributed by atoms with E-state index in [1.807, 2.05) is 27.7 Å². The van der Waals surface area contributed by atoms with Crippen LogP contribution in [0.3, 0.4) is 0 Å². The minimum atomic E-state index is -0.344. The van der Waals surface area contributed by atoms with Gasteiger partial charge in [0, 0.05) is 5.69 Å². The van der Waals surface area contributed by atoms with E-state index in [-0.39, 0.29) is 17.8 Å². The van der Waals surface area contributed by atoms with Gasteiger partial charge in [0.25, 0.3) is 0 Å². The van der Waals surface area contributed by atoms with E-state index in [2.05, 4.69) is 15.3 Å². The summed E-state index contributed by atoms with van der Waals surface area (Å²) < 4.78 is 5.32. The van der Waals surface area contributed by atoms with Gasteiger partial charge in [0.15, 0.2) is 0 Å². The summed E-state index contributed by atoms with van der Waals surface area (Å²) in [5, 5.41) is 13.5. The van der Waals surface area contributed by atoms with E-state index in [4.69, 9.17) is 4.74 Å². The van der Waals surface area contributed by atoms with Crippen LogP contribution in [0.1, 0.15) is 34.9 Å². The largest absolute Gasteiger partial charge is 0.508 e. The van der Waals surface area contributed by atoms with Crippen LogP contribution in [-0.4, -0.2) is 27.1 Å². The second-order valence-electron chi connectivity index (χ2n) is 5.98. The Morgan fingerprint density at radius 2 is 1.88 bits per heavy atom. The zero-order valence-electron chi connectivity index (χ0n) is 14.5. The summed E-state index contributed by atoms with van der Waals surface area (Å²) in [4.78, 5) is 22.5. The van der Waals surface area contributed by atoms with Gasteiger partial charge in [0.2, 0.25) is 0 Å². The van der Waals surface area contributed by atoms with Crippen LogP contribution >= 0.6 is 11.3 Å². The molecule has 130 valence electrons. The molecule has 2 aromatic heterocycles. The number of aromatic hydroxyl groups is 1. The number of ether oxygens (including phenoxy) is 1. The van der Waals surface area contributed by atoms with Crippen LogP contribution < -0.4 is 5.32 Å². The molecule has 7 heteroatoms. The van der Waals surface area contributed by atoms with Crippen molar-refractivity contribution in [2.24, 2.45) is 0 Å². The van der Waals surface area contributed by atoms with Gasteiger partial charge in [-0.1, -0.05) is 0 Å². The molecule has 0 fully saturated rings. The third-order valence-corrected chi connectivity index (χ3v) is 4.73.